The number of amides is 1. The number of rotatable bonds is 6. The maximum absolute atomic E-state index is 12.1. The average Bonchev–Trinajstić information content (AvgIpc) is 2.95. The lowest BCUT2D eigenvalue weighted by molar-refractivity contribution is 0.0762. The van der Waals surface area contributed by atoms with Crippen LogP contribution in [0.25, 0.3) is 0 Å². The standard InChI is InChI=1S/C14H17ClN4O2/c1-3-12-16-13(18-17-12)14(20)19(2)7-8-21-11-6-4-5-10(15)9-11/h4-6,9H,3,7-8H2,1-2H3,(H,16,17,18). The van der Waals surface area contributed by atoms with Crippen molar-refractivity contribution in [2.75, 3.05) is 20.2 Å². The molecular formula is C14H17ClN4O2. The fourth-order valence-corrected chi connectivity index (χ4v) is 1.86. The van der Waals surface area contributed by atoms with Crippen molar-refractivity contribution in [3.8, 4) is 5.75 Å². The monoisotopic (exact) mass is 308 g/mol. The second kappa shape index (κ2) is 7.08. The first kappa shape index (κ1) is 15.3. The van der Waals surface area contributed by atoms with Gasteiger partial charge in [0.1, 0.15) is 18.2 Å². The summed E-state index contributed by atoms with van der Waals surface area (Å²) in [5.74, 6) is 1.31. The molecule has 0 aliphatic rings. The highest BCUT2D eigenvalue weighted by molar-refractivity contribution is 6.30. The lowest BCUT2D eigenvalue weighted by atomic mass is 10.3. The minimum Gasteiger partial charge on any atom is -0.492 e. The van der Waals surface area contributed by atoms with Gasteiger partial charge in [0.25, 0.3) is 5.91 Å². The van der Waals surface area contributed by atoms with E-state index < -0.39 is 0 Å². The van der Waals surface area contributed by atoms with Gasteiger partial charge >= 0.3 is 0 Å². The third-order valence-corrected chi connectivity index (χ3v) is 3.13. The zero-order valence-corrected chi connectivity index (χ0v) is 12.7. The summed E-state index contributed by atoms with van der Waals surface area (Å²) in [6, 6.07) is 7.13. The number of aromatic amines is 1. The van der Waals surface area contributed by atoms with Gasteiger partial charge in [-0.3, -0.25) is 9.89 Å². The molecular weight excluding hydrogens is 292 g/mol. The number of hydrogen-bond donors (Lipinski definition) is 1. The molecule has 0 saturated carbocycles. The molecule has 0 radical (unpaired) electrons. The molecule has 7 heteroatoms. The molecule has 0 unspecified atom stereocenters. The number of ether oxygens (including phenoxy) is 1. The molecule has 1 heterocycles. The first-order chi connectivity index (χ1) is 10.1. The van der Waals surface area contributed by atoms with E-state index in [1.54, 1.807) is 19.2 Å². The van der Waals surface area contributed by atoms with Gasteiger partial charge in [0.05, 0.1) is 6.54 Å². The van der Waals surface area contributed by atoms with Crippen LogP contribution in [0, 0.1) is 0 Å². The molecule has 2 aromatic rings. The van der Waals surface area contributed by atoms with E-state index in [4.69, 9.17) is 16.3 Å². The van der Waals surface area contributed by atoms with Crippen LogP contribution in [-0.4, -0.2) is 46.2 Å². The van der Waals surface area contributed by atoms with E-state index in [-0.39, 0.29) is 11.7 Å². The summed E-state index contributed by atoms with van der Waals surface area (Å²) in [7, 11) is 1.69. The number of aromatic nitrogens is 3. The number of likely N-dealkylation sites (N-methyl/N-ethyl adjacent to an activating group) is 1. The second-order valence-corrected chi connectivity index (χ2v) is 4.93. The van der Waals surface area contributed by atoms with E-state index in [1.165, 1.54) is 4.90 Å². The predicted octanol–water partition coefficient (Wildman–Crippen LogP) is 2.17. The number of halogens is 1. The van der Waals surface area contributed by atoms with Crippen LogP contribution in [-0.2, 0) is 6.42 Å². The highest BCUT2D eigenvalue weighted by Gasteiger charge is 2.16. The lowest BCUT2D eigenvalue weighted by Crippen LogP contribution is -2.31. The lowest BCUT2D eigenvalue weighted by Gasteiger charge is -2.15. The maximum Gasteiger partial charge on any atom is 0.293 e. The number of carbonyl (C=O) groups excluding carboxylic acids is 1. The number of aryl methyl sites for hydroxylation is 1. The molecule has 0 fully saturated rings. The van der Waals surface area contributed by atoms with Crippen LogP contribution in [0.4, 0.5) is 0 Å². The van der Waals surface area contributed by atoms with Crippen molar-refractivity contribution in [3.05, 3.63) is 40.9 Å². The molecule has 0 aliphatic heterocycles. The summed E-state index contributed by atoms with van der Waals surface area (Å²) >= 11 is 5.87. The average molecular weight is 309 g/mol. The number of H-pyrrole nitrogens is 1. The molecule has 1 aromatic heterocycles. The van der Waals surface area contributed by atoms with Gasteiger partial charge < -0.3 is 9.64 Å². The van der Waals surface area contributed by atoms with Crippen LogP contribution >= 0.6 is 11.6 Å². The van der Waals surface area contributed by atoms with E-state index in [1.807, 2.05) is 19.1 Å². The normalized spacial score (nSPS) is 10.4. The van der Waals surface area contributed by atoms with Crippen LogP contribution < -0.4 is 4.74 Å². The third kappa shape index (κ3) is 4.19. The summed E-state index contributed by atoms with van der Waals surface area (Å²) < 4.78 is 5.54. The Bertz CT molecular complexity index is 615. The van der Waals surface area contributed by atoms with Gasteiger partial charge in [-0.15, -0.1) is 5.10 Å². The van der Waals surface area contributed by atoms with Crippen molar-refractivity contribution >= 4 is 17.5 Å². The number of benzene rings is 1. The first-order valence-electron chi connectivity index (χ1n) is 6.65. The highest BCUT2D eigenvalue weighted by atomic mass is 35.5. The maximum atomic E-state index is 12.1. The van der Waals surface area contributed by atoms with E-state index in [0.29, 0.717) is 36.2 Å². The number of nitrogens with one attached hydrogen (secondary N) is 1. The summed E-state index contributed by atoms with van der Waals surface area (Å²) in [4.78, 5) is 17.7. The largest absolute Gasteiger partial charge is 0.492 e. The van der Waals surface area contributed by atoms with Gasteiger partial charge in [-0.2, -0.15) is 0 Å². The van der Waals surface area contributed by atoms with Crippen LogP contribution in [0.2, 0.25) is 5.02 Å². The van der Waals surface area contributed by atoms with E-state index in [0.717, 1.165) is 0 Å². The number of carbonyl (C=O) groups is 1. The molecule has 2 rings (SSSR count). The zero-order valence-electron chi connectivity index (χ0n) is 12.0. The molecule has 112 valence electrons. The molecule has 0 bridgehead atoms. The van der Waals surface area contributed by atoms with Crippen molar-refractivity contribution in [3.63, 3.8) is 0 Å². The minimum atomic E-state index is -0.236. The summed E-state index contributed by atoms with van der Waals surface area (Å²) in [5, 5.41) is 7.24. The molecule has 1 aromatic carbocycles. The van der Waals surface area contributed by atoms with E-state index >= 15 is 0 Å². The molecule has 0 saturated heterocycles. The minimum absolute atomic E-state index is 0.178. The number of nitrogens with zero attached hydrogens (tertiary/aromatic N) is 3. The highest BCUT2D eigenvalue weighted by Crippen LogP contribution is 2.16. The first-order valence-corrected chi connectivity index (χ1v) is 7.03. The van der Waals surface area contributed by atoms with Gasteiger partial charge in [0.15, 0.2) is 0 Å². The van der Waals surface area contributed by atoms with Crippen molar-refractivity contribution < 1.29 is 9.53 Å². The Morgan fingerprint density at radius 3 is 2.95 bits per heavy atom. The number of hydrogen-bond acceptors (Lipinski definition) is 4. The quantitative estimate of drug-likeness (QED) is 0.888. The zero-order chi connectivity index (χ0) is 15.2. The second-order valence-electron chi connectivity index (χ2n) is 4.49. The molecule has 0 atom stereocenters. The van der Waals surface area contributed by atoms with Gasteiger partial charge in [-0.05, 0) is 18.2 Å². The molecule has 6 nitrogen and oxygen atoms in total. The Labute approximate surface area is 128 Å². The molecule has 0 spiro atoms. The van der Waals surface area contributed by atoms with Crippen molar-refractivity contribution in [1.82, 2.24) is 20.1 Å². The summed E-state index contributed by atoms with van der Waals surface area (Å²) in [6.45, 7) is 2.74. The fourth-order valence-electron chi connectivity index (χ4n) is 1.68. The Kier molecular flexibility index (Phi) is 5.16. The van der Waals surface area contributed by atoms with Crippen molar-refractivity contribution in [2.24, 2.45) is 0 Å². The molecule has 0 aliphatic carbocycles. The smallest absolute Gasteiger partial charge is 0.293 e. The van der Waals surface area contributed by atoms with E-state index in [2.05, 4.69) is 15.2 Å². The van der Waals surface area contributed by atoms with Crippen LogP contribution in [0.3, 0.4) is 0 Å². The van der Waals surface area contributed by atoms with Crippen LogP contribution in [0.5, 0.6) is 5.75 Å². The van der Waals surface area contributed by atoms with Gasteiger partial charge in [0, 0.05) is 18.5 Å². The van der Waals surface area contributed by atoms with Gasteiger partial charge in [-0.1, -0.05) is 24.6 Å². The van der Waals surface area contributed by atoms with Gasteiger partial charge in [0.2, 0.25) is 5.82 Å². The molecule has 21 heavy (non-hydrogen) atoms. The Morgan fingerprint density at radius 1 is 1.48 bits per heavy atom. The van der Waals surface area contributed by atoms with Crippen LogP contribution in [0.1, 0.15) is 23.4 Å². The SMILES string of the molecule is CCc1nc(C(=O)N(C)CCOc2cccc(Cl)c2)n[nH]1. The van der Waals surface area contributed by atoms with Crippen molar-refractivity contribution in [1.29, 1.82) is 0 Å². The third-order valence-electron chi connectivity index (χ3n) is 2.90. The Balaban J connectivity index is 1.84. The Morgan fingerprint density at radius 2 is 2.29 bits per heavy atom. The Hall–Kier alpha value is -2.08. The molecule has 1 amide bonds. The van der Waals surface area contributed by atoms with Crippen molar-refractivity contribution in [2.45, 2.75) is 13.3 Å². The summed E-state index contributed by atoms with van der Waals surface area (Å²) in [6.07, 6.45) is 0.710. The van der Waals surface area contributed by atoms with E-state index in [9.17, 15) is 4.79 Å². The molecule has 1 N–H and O–H groups in total. The van der Waals surface area contributed by atoms with Crippen LogP contribution in [0.15, 0.2) is 24.3 Å². The summed E-state index contributed by atoms with van der Waals surface area (Å²) in [5.41, 5.74) is 0. The van der Waals surface area contributed by atoms with Gasteiger partial charge in [-0.25, -0.2) is 4.98 Å². The fraction of sp³-hybridized carbons (Fsp3) is 0.357. The predicted molar refractivity (Wildman–Crippen MR) is 79.7 cm³/mol. The topological polar surface area (TPSA) is 71.1 Å².